The van der Waals surface area contributed by atoms with E-state index >= 15 is 0 Å². The first-order valence-corrected chi connectivity index (χ1v) is 18.7. The van der Waals surface area contributed by atoms with E-state index in [1.165, 1.54) is 0 Å². The van der Waals surface area contributed by atoms with Gasteiger partial charge in [-0.1, -0.05) is 0 Å². The Morgan fingerprint density at radius 3 is 1.05 bits per heavy atom. The fourth-order valence-electron chi connectivity index (χ4n) is 4.75. The fourth-order valence-corrected chi connectivity index (χ4v) is 7.23. The summed E-state index contributed by atoms with van der Waals surface area (Å²) in [6.07, 6.45) is -35.1. The van der Waals surface area contributed by atoms with E-state index in [0.29, 0.717) is 12.1 Å². The van der Waals surface area contributed by atoms with Crippen molar-refractivity contribution in [3.8, 4) is 17.2 Å². The summed E-state index contributed by atoms with van der Waals surface area (Å²) in [4.78, 5) is -0.0493. The van der Waals surface area contributed by atoms with Crippen molar-refractivity contribution in [1.29, 1.82) is 0 Å². The third-order valence-corrected chi connectivity index (χ3v) is 11.0. The maximum Gasteiger partial charge on any atom is 0.432 e. The van der Waals surface area contributed by atoms with E-state index in [1.807, 2.05) is 0 Å². The van der Waals surface area contributed by atoms with Gasteiger partial charge in [0.1, 0.15) is 44.0 Å². The summed E-state index contributed by atoms with van der Waals surface area (Å²) in [7, 11) is -7.18. The SMILES string of the molecule is COCOC(COc1ccc([S+](c2ccc(OCC(OCOC)(C(F)(F)F)C(F)(F)F)cc2)c2ccc(OC(C(F)(F)F)C(F)(F)S(=O)(=O)[O-])cc2)cc1)(C(F)(F)F)C(F)(F)F. The predicted octanol–water partition coefficient (Wildman–Crippen LogP) is 8.96. The van der Waals surface area contributed by atoms with Gasteiger partial charge in [-0.05, 0) is 72.8 Å². The second-order valence-electron chi connectivity index (χ2n) is 12.1. The molecule has 0 aliphatic heterocycles. The number of hydrogen-bond donors (Lipinski definition) is 0. The number of hydrogen-bond acceptors (Lipinski definition) is 10. The van der Waals surface area contributed by atoms with Crippen molar-refractivity contribution in [2.24, 2.45) is 0 Å². The minimum Gasteiger partial charge on any atom is -0.743 e. The Kier molecular flexibility index (Phi) is 16.0. The van der Waals surface area contributed by atoms with Crippen molar-refractivity contribution in [3.05, 3.63) is 72.8 Å². The van der Waals surface area contributed by atoms with Crippen LogP contribution < -0.4 is 14.2 Å². The topological polar surface area (TPSA) is 122 Å². The van der Waals surface area contributed by atoms with Crippen LogP contribution in [0.25, 0.3) is 0 Å². The zero-order valence-corrected chi connectivity index (χ0v) is 32.3. The summed E-state index contributed by atoms with van der Waals surface area (Å²) < 4.78 is 297. The molecule has 0 bridgehead atoms. The van der Waals surface area contributed by atoms with Crippen molar-refractivity contribution in [2.45, 2.75) is 68.1 Å². The standard InChI is InChI=1S/C33H27F17O10S2/c1-54-17-58-26(30(39,40)41,31(42,43)44)15-56-19-3-9-22(10-4-19)61(24-13-7-21(8-14-24)60-25(28(34,35)36)29(37,38)62(51,52)53)23-11-5-20(6-12-23)57-16-27(32(45,46)47,33(48,49)50)59-18-55-2/h3-14,25H,15-18H2,1-2H3. The van der Waals surface area contributed by atoms with Gasteiger partial charge in [0.2, 0.25) is 0 Å². The number of rotatable bonds is 19. The van der Waals surface area contributed by atoms with Crippen LogP contribution in [0.3, 0.4) is 0 Å². The molecule has 0 aliphatic carbocycles. The van der Waals surface area contributed by atoms with Crippen LogP contribution in [0.15, 0.2) is 87.5 Å². The summed E-state index contributed by atoms with van der Waals surface area (Å²) in [6.45, 7) is -7.38. The van der Waals surface area contributed by atoms with E-state index in [-0.39, 0.29) is 14.7 Å². The highest BCUT2D eigenvalue weighted by molar-refractivity contribution is 7.97. The maximum atomic E-state index is 14.1. The Morgan fingerprint density at radius 2 is 0.806 bits per heavy atom. The van der Waals surface area contributed by atoms with E-state index in [2.05, 4.69) is 23.7 Å². The van der Waals surface area contributed by atoms with E-state index in [0.717, 1.165) is 74.9 Å². The average Bonchev–Trinajstić information content (AvgIpc) is 3.12. The molecule has 3 aromatic carbocycles. The highest BCUT2D eigenvalue weighted by Gasteiger charge is 2.74. The Morgan fingerprint density at radius 1 is 0.516 bits per heavy atom. The molecule has 0 aliphatic rings. The second-order valence-corrected chi connectivity index (χ2v) is 15.6. The smallest absolute Gasteiger partial charge is 0.432 e. The zero-order chi connectivity index (χ0) is 47.4. The van der Waals surface area contributed by atoms with Gasteiger partial charge in [-0.25, -0.2) is 8.42 Å². The molecule has 3 rings (SSSR count). The number of alkyl halides is 17. The lowest BCUT2D eigenvalue weighted by molar-refractivity contribution is -0.397. The average molecular weight is 971 g/mol. The third-order valence-electron chi connectivity index (χ3n) is 7.93. The number of ether oxygens (including phenoxy) is 7. The van der Waals surface area contributed by atoms with Gasteiger partial charge in [-0.3, -0.25) is 0 Å². The molecule has 10 nitrogen and oxygen atoms in total. The van der Waals surface area contributed by atoms with Gasteiger partial charge in [-0.2, -0.15) is 74.6 Å². The highest BCUT2D eigenvalue weighted by atomic mass is 32.2. The summed E-state index contributed by atoms with van der Waals surface area (Å²) in [5.74, 6) is -2.40. The first-order valence-electron chi connectivity index (χ1n) is 16.1. The quantitative estimate of drug-likeness (QED) is 0.0499. The number of benzene rings is 3. The van der Waals surface area contributed by atoms with Gasteiger partial charge in [0.15, 0.2) is 24.8 Å². The van der Waals surface area contributed by atoms with Crippen LogP contribution in [0.1, 0.15) is 0 Å². The van der Waals surface area contributed by atoms with Gasteiger partial charge < -0.3 is 37.7 Å². The van der Waals surface area contributed by atoms with Gasteiger partial charge >= 0.3 is 36.1 Å². The minimum atomic E-state index is -6.96. The van der Waals surface area contributed by atoms with Crippen LogP contribution in [0.2, 0.25) is 0 Å². The Bertz CT molecular complexity index is 1880. The van der Waals surface area contributed by atoms with Crippen molar-refractivity contribution in [2.75, 3.05) is 41.0 Å². The molecule has 0 radical (unpaired) electrons. The molecule has 29 heteroatoms. The third kappa shape index (κ3) is 11.6. The number of methoxy groups -OCH3 is 2. The molecule has 1 unspecified atom stereocenters. The first-order chi connectivity index (χ1) is 28.2. The summed E-state index contributed by atoms with van der Waals surface area (Å²) in [5, 5.41) is -6.05. The zero-order valence-electron chi connectivity index (χ0n) is 30.7. The van der Waals surface area contributed by atoms with Gasteiger partial charge in [0.25, 0.3) is 17.3 Å². The van der Waals surface area contributed by atoms with Crippen molar-refractivity contribution < 1.29 is 121 Å². The molecule has 1 atom stereocenters. The van der Waals surface area contributed by atoms with Gasteiger partial charge in [0, 0.05) is 14.2 Å². The molecule has 0 fully saturated rings. The fraction of sp³-hybridized carbons (Fsp3) is 0.455. The molecular weight excluding hydrogens is 943 g/mol. The molecule has 0 saturated heterocycles. The second kappa shape index (κ2) is 19.0. The number of halogens is 17. The summed E-state index contributed by atoms with van der Waals surface area (Å²) in [5.41, 5.74) is -9.81. The van der Waals surface area contributed by atoms with Crippen LogP contribution in [0, 0.1) is 0 Å². The molecule has 3 aromatic rings. The van der Waals surface area contributed by atoms with E-state index in [1.54, 1.807) is 0 Å². The van der Waals surface area contributed by atoms with Crippen molar-refractivity contribution in [1.82, 2.24) is 0 Å². The normalized spacial score (nSPS) is 14.5. The molecule has 350 valence electrons. The lowest BCUT2D eigenvalue weighted by atomic mass is 10.0. The van der Waals surface area contributed by atoms with Crippen molar-refractivity contribution in [3.63, 3.8) is 0 Å². The van der Waals surface area contributed by atoms with E-state index < -0.39 is 119 Å². The van der Waals surface area contributed by atoms with Gasteiger partial charge in [0.05, 0.1) is 10.9 Å². The lowest BCUT2D eigenvalue weighted by Gasteiger charge is -2.36. The largest absolute Gasteiger partial charge is 0.743 e. The highest BCUT2D eigenvalue weighted by Crippen LogP contribution is 2.48. The molecule has 0 saturated carbocycles. The van der Waals surface area contributed by atoms with Crippen LogP contribution >= 0.6 is 0 Å². The molecule has 0 amide bonds. The predicted molar refractivity (Wildman–Crippen MR) is 173 cm³/mol. The molecule has 62 heavy (non-hydrogen) atoms. The molecule has 0 spiro atoms. The monoisotopic (exact) mass is 970 g/mol. The summed E-state index contributed by atoms with van der Waals surface area (Å²) >= 11 is 0. The first kappa shape index (κ1) is 52.3. The van der Waals surface area contributed by atoms with Crippen LogP contribution in [0.5, 0.6) is 17.2 Å². The molecule has 0 heterocycles. The van der Waals surface area contributed by atoms with Crippen LogP contribution in [-0.4, -0.2) is 107 Å². The van der Waals surface area contributed by atoms with Crippen molar-refractivity contribution >= 4 is 21.0 Å². The lowest BCUT2D eigenvalue weighted by Crippen LogP contribution is -2.62. The Balaban J connectivity index is 2.09. The molecule has 0 aromatic heterocycles. The summed E-state index contributed by atoms with van der Waals surface area (Å²) in [6, 6.07) is 10.4. The molecular formula is C33H27F17O10S2. The van der Waals surface area contributed by atoms with Crippen LogP contribution in [0.4, 0.5) is 74.6 Å². The van der Waals surface area contributed by atoms with Crippen LogP contribution in [-0.2, 0) is 40.0 Å². The Hall–Kier alpha value is -4.03. The minimum absolute atomic E-state index is 0.00602. The molecule has 0 N–H and O–H groups in total. The van der Waals surface area contributed by atoms with Gasteiger partial charge in [-0.15, -0.1) is 0 Å². The maximum absolute atomic E-state index is 14.1. The van der Waals surface area contributed by atoms with E-state index in [9.17, 15) is 87.6 Å². The Labute approximate surface area is 340 Å². The van der Waals surface area contributed by atoms with E-state index in [4.69, 9.17) is 9.47 Å².